The third-order valence-corrected chi connectivity index (χ3v) is 2.82. The maximum absolute atomic E-state index is 10.9. The molecule has 1 heterocycles. The molecule has 92 valence electrons. The molecule has 1 amide bonds. The van der Waals surface area contributed by atoms with Crippen LogP contribution in [0.5, 0.6) is 0 Å². The molecule has 0 unspecified atom stereocenters. The average molecular weight is 262 g/mol. The molecule has 0 atom stereocenters. The number of halogens is 1. The van der Waals surface area contributed by atoms with E-state index in [1.54, 1.807) is 30.6 Å². The Bertz CT molecular complexity index is 554. The summed E-state index contributed by atoms with van der Waals surface area (Å²) < 4.78 is 0. The molecule has 0 spiro atoms. The van der Waals surface area contributed by atoms with Gasteiger partial charge in [-0.3, -0.25) is 9.78 Å². The second-order valence-electron chi connectivity index (χ2n) is 3.77. The zero-order chi connectivity index (χ0) is 13.0. The second kappa shape index (κ2) is 5.51. The van der Waals surface area contributed by atoms with Crippen LogP contribution in [0.15, 0.2) is 42.7 Å². The smallest absolute Gasteiger partial charge is 0.248 e. The first-order valence-electron chi connectivity index (χ1n) is 5.39. The second-order valence-corrected chi connectivity index (χ2v) is 4.18. The van der Waals surface area contributed by atoms with Crippen molar-refractivity contribution in [2.24, 2.45) is 5.73 Å². The van der Waals surface area contributed by atoms with Crippen molar-refractivity contribution in [3.05, 3.63) is 58.9 Å². The number of rotatable bonds is 4. The van der Waals surface area contributed by atoms with Crippen LogP contribution in [0.4, 0.5) is 5.69 Å². The van der Waals surface area contributed by atoms with Crippen molar-refractivity contribution in [3.63, 3.8) is 0 Å². The molecule has 4 nitrogen and oxygen atoms in total. The highest BCUT2D eigenvalue weighted by Crippen LogP contribution is 2.19. The van der Waals surface area contributed by atoms with Crippen molar-refractivity contribution >= 4 is 23.2 Å². The van der Waals surface area contributed by atoms with Crippen LogP contribution < -0.4 is 11.1 Å². The van der Waals surface area contributed by atoms with Crippen LogP contribution in [0.3, 0.4) is 0 Å². The summed E-state index contributed by atoms with van der Waals surface area (Å²) in [6.45, 7) is 0.602. The van der Waals surface area contributed by atoms with Gasteiger partial charge in [0.05, 0.1) is 16.9 Å². The third kappa shape index (κ3) is 2.99. The van der Waals surface area contributed by atoms with E-state index in [0.717, 1.165) is 11.3 Å². The number of nitrogens with zero attached hydrogens (tertiary/aromatic N) is 1. The normalized spacial score (nSPS) is 10.1. The number of carbonyl (C=O) groups is 1. The number of amides is 1. The Kier molecular flexibility index (Phi) is 3.79. The topological polar surface area (TPSA) is 68.0 Å². The van der Waals surface area contributed by atoms with Crippen molar-refractivity contribution in [2.45, 2.75) is 6.54 Å². The van der Waals surface area contributed by atoms with E-state index in [1.165, 1.54) is 0 Å². The van der Waals surface area contributed by atoms with E-state index in [9.17, 15) is 4.79 Å². The van der Waals surface area contributed by atoms with Gasteiger partial charge in [-0.2, -0.15) is 0 Å². The minimum absolute atomic E-state index is 0.426. The maximum Gasteiger partial charge on any atom is 0.248 e. The van der Waals surface area contributed by atoms with Crippen molar-refractivity contribution in [1.29, 1.82) is 0 Å². The van der Waals surface area contributed by atoms with Crippen LogP contribution in [-0.2, 0) is 6.54 Å². The summed E-state index contributed by atoms with van der Waals surface area (Å²) in [5.41, 5.74) is 7.47. The average Bonchev–Trinajstić information content (AvgIpc) is 2.38. The Labute approximate surface area is 110 Å². The standard InChI is InChI=1S/C13H12ClN3O/c14-11-5-6-16-8-12(11)17-7-9-1-3-10(4-2-9)13(15)18/h1-6,8,17H,7H2,(H2,15,18). The zero-order valence-electron chi connectivity index (χ0n) is 9.56. The molecule has 2 rings (SSSR count). The van der Waals surface area contributed by atoms with Crippen molar-refractivity contribution in [3.8, 4) is 0 Å². The number of carbonyl (C=O) groups excluding carboxylic acids is 1. The number of hydrogen-bond donors (Lipinski definition) is 2. The van der Waals surface area contributed by atoms with Gasteiger partial charge in [-0.25, -0.2) is 0 Å². The lowest BCUT2D eigenvalue weighted by Gasteiger charge is -2.07. The Balaban J connectivity index is 2.02. The van der Waals surface area contributed by atoms with Crippen molar-refractivity contribution in [2.75, 3.05) is 5.32 Å². The molecule has 0 saturated heterocycles. The molecule has 0 saturated carbocycles. The highest BCUT2D eigenvalue weighted by atomic mass is 35.5. The first-order chi connectivity index (χ1) is 8.66. The molecule has 2 aromatic rings. The van der Waals surface area contributed by atoms with Gasteiger partial charge in [0.2, 0.25) is 5.91 Å². The lowest BCUT2D eigenvalue weighted by Crippen LogP contribution is -2.10. The number of pyridine rings is 1. The van der Waals surface area contributed by atoms with E-state index in [4.69, 9.17) is 17.3 Å². The summed E-state index contributed by atoms with van der Waals surface area (Å²) in [6, 6.07) is 8.81. The molecule has 0 aliphatic rings. The zero-order valence-corrected chi connectivity index (χ0v) is 10.3. The van der Waals surface area contributed by atoms with Gasteiger partial charge in [0.15, 0.2) is 0 Å². The van der Waals surface area contributed by atoms with Gasteiger partial charge in [-0.1, -0.05) is 23.7 Å². The van der Waals surface area contributed by atoms with E-state index < -0.39 is 5.91 Å². The number of nitrogens with one attached hydrogen (secondary N) is 1. The largest absolute Gasteiger partial charge is 0.379 e. The molecule has 0 fully saturated rings. The lowest BCUT2D eigenvalue weighted by atomic mass is 10.1. The third-order valence-electron chi connectivity index (χ3n) is 2.49. The number of aromatic nitrogens is 1. The van der Waals surface area contributed by atoms with Gasteiger partial charge < -0.3 is 11.1 Å². The van der Waals surface area contributed by atoms with E-state index in [-0.39, 0.29) is 0 Å². The Morgan fingerprint density at radius 3 is 2.61 bits per heavy atom. The summed E-state index contributed by atoms with van der Waals surface area (Å²) >= 11 is 5.99. The first-order valence-corrected chi connectivity index (χ1v) is 5.77. The predicted octanol–water partition coefficient (Wildman–Crippen LogP) is 2.45. The molecule has 0 radical (unpaired) electrons. The Hall–Kier alpha value is -2.07. The van der Waals surface area contributed by atoms with Crippen LogP contribution >= 0.6 is 11.6 Å². The quantitative estimate of drug-likeness (QED) is 0.888. The summed E-state index contributed by atoms with van der Waals surface area (Å²) in [4.78, 5) is 14.9. The summed E-state index contributed by atoms with van der Waals surface area (Å²) in [5.74, 6) is -0.426. The molecule has 0 aliphatic carbocycles. The van der Waals surface area contributed by atoms with Gasteiger partial charge >= 0.3 is 0 Å². The molecular weight excluding hydrogens is 250 g/mol. The minimum atomic E-state index is -0.426. The van der Waals surface area contributed by atoms with E-state index in [1.807, 2.05) is 12.1 Å². The number of anilines is 1. The number of hydrogen-bond acceptors (Lipinski definition) is 3. The first kappa shape index (κ1) is 12.4. The number of nitrogens with two attached hydrogens (primary N) is 1. The van der Waals surface area contributed by atoms with Crippen LogP contribution in [0.2, 0.25) is 5.02 Å². The summed E-state index contributed by atoms with van der Waals surface area (Å²) in [6.07, 6.45) is 3.30. The lowest BCUT2D eigenvalue weighted by molar-refractivity contribution is 0.100. The Morgan fingerprint density at radius 1 is 1.28 bits per heavy atom. The Morgan fingerprint density at radius 2 is 2.00 bits per heavy atom. The molecule has 18 heavy (non-hydrogen) atoms. The van der Waals surface area contributed by atoms with E-state index in [2.05, 4.69) is 10.3 Å². The maximum atomic E-state index is 10.9. The molecule has 3 N–H and O–H groups in total. The van der Waals surface area contributed by atoms with Gasteiger partial charge in [0.25, 0.3) is 0 Å². The fraction of sp³-hybridized carbons (Fsp3) is 0.0769. The van der Waals surface area contributed by atoms with Gasteiger partial charge in [-0.15, -0.1) is 0 Å². The van der Waals surface area contributed by atoms with Crippen LogP contribution in [0.1, 0.15) is 15.9 Å². The fourth-order valence-corrected chi connectivity index (χ4v) is 1.66. The van der Waals surface area contributed by atoms with E-state index in [0.29, 0.717) is 17.1 Å². The highest BCUT2D eigenvalue weighted by molar-refractivity contribution is 6.33. The molecule has 1 aromatic carbocycles. The molecule has 0 bridgehead atoms. The predicted molar refractivity (Wildman–Crippen MR) is 71.5 cm³/mol. The molecule has 0 aliphatic heterocycles. The van der Waals surface area contributed by atoms with Crippen molar-refractivity contribution in [1.82, 2.24) is 4.98 Å². The van der Waals surface area contributed by atoms with Crippen LogP contribution in [0, 0.1) is 0 Å². The summed E-state index contributed by atoms with van der Waals surface area (Å²) in [5, 5.41) is 3.79. The molecular formula is C13H12ClN3O. The van der Waals surface area contributed by atoms with Crippen molar-refractivity contribution < 1.29 is 4.79 Å². The number of benzene rings is 1. The monoisotopic (exact) mass is 261 g/mol. The van der Waals surface area contributed by atoms with Crippen LogP contribution in [-0.4, -0.2) is 10.9 Å². The van der Waals surface area contributed by atoms with Crippen LogP contribution in [0.25, 0.3) is 0 Å². The minimum Gasteiger partial charge on any atom is -0.379 e. The molecule has 5 heteroatoms. The SMILES string of the molecule is NC(=O)c1ccc(CNc2cnccc2Cl)cc1. The highest BCUT2D eigenvalue weighted by Gasteiger charge is 2.01. The fourth-order valence-electron chi connectivity index (χ4n) is 1.49. The van der Waals surface area contributed by atoms with Gasteiger partial charge in [0.1, 0.15) is 0 Å². The van der Waals surface area contributed by atoms with E-state index >= 15 is 0 Å². The van der Waals surface area contributed by atoms with Gasteiger partial charge in [0, 0.05) is 18.3 Å². The molecule has 1 aromatic heterocycles. The number of primary amides is 1. The summed E-state index contributed by atoms with van der Waals surface area (Å²) in [7, 11) is 0. The van der Waals surface area contributed by atoms with Gasteiger partial charge in [-0.05, 0) is 23.8 Å².